The van der Waals surface area contributed by atoms with Gasteiger partial charge >= 0.3 is 12.1 Å². The van der Waals surface area contributed by atoms with Crippen molar-refractivity contribution in [2.24, 2.45) is 0 Å². The average Bonchev–Trinajstić information content (AvgIpc) is 3.13. The maximum absolute atomic E-state index is 12.2. The normalized spacial score (nSPS) is 12.4. The molecule has 0 radical (unpaired) electrons. The summed E-state index contributed by atoms with van der Waals surface area (Å²) < 4.78 is 5.53. The van der Waals surface area contributed by atoms with Crippen molar-refractivity contribution in [1.82, 2.24) is 5.32 Å². The maximum Gasteiger partial charge on any atom is 0.407 e. The van der Waals surface area contributed by atoms with Crippen molar-refractivity contribution in [1.29, 1.82) is 0 Å². The van der Waals surface area contributed by atoms with Crippen LogP contribution >= 0.6 is 11.6 Å². The SMILES string of the molecule is O=C(O)Cc1cc(C=CCCNC(=O)OCC2c3ccccc3-c3ccccc32)ccc1Cl. The fourth-order valence-electron chi connectivity index (χ4n) is 4.12. The molecule has 0 fully saturated rings. The van der Waals surface area contributed by atoms with Gasteiger partial charge in [0.1, 0.15) is 6.61 Å². The highest BCUT2D eigenvalue weighted by molar-refractivity contribution is 6.31. The molecule has 0 atom stereocenters. The first-order valence-corrected chi connectivity index (χ1v) is 11.2. The molecule has 0 heterocycles. The molecule has 0 spiro atoms. The van der Waals surface area contributed by atoms with E-state index in [9.17, 15) is 9.59 Å². The summed E-state index contributed by atoms with van der Waals surface area (Å²) in [6.07, 6.45) is 3.84. The van der Waals surface area contributed by atoms with E-state index in [1.807, 2.05) is 42.5 Å². The number of alkyl carbamates (subject to hydrolysis) is 1. The number of carbonyl (C=O) groups is 2. The van der Waals surface area contributed by atoms with E-state index in [1.165, 1.54) is 22.3 Å². The van der Waals surface area contributed by atoms with Crippen LogP contribution in [-0.2, 0) is 16.0 Å². The first kappa shape index (κ1) is 22.6. The number of carbonyl (C=O) groups excluding carboxylic acids is 1. The number of hydrogen-bond acceptors (Lipinski definition) is 3. The number of nitrogens with one attached hydrogen (secondary N) is 1. The van der Waals surface area contributed by atoms with Crippen LogP contribution in [0.15, 0.2) is 72.8 Å². The van der Waals surface area contributed by atoms with Crippen LogP contribution in [0.2, 0.25) is 5.02 Å². The summed E-state index contributed by atoms with van der Waals surface area (Å²) in [6.45, 7) is 0.718. The Morgan fingerprint density at radius 2 is 1.67 bits per heavy atom. The topological polar surface area (TPSA) is 75.6 Å². The van der Waals surface area contributed by atoms with E-state index in [2.05, 4.69) is 29.6 Å². The number of hydrogen-bond donors (Lipinski definition) is 2. The smallest absolute Gasteiger partial charge is 0.407 e. The minimum absolute atomic E-state index is 0.0351. The number of amides is 1. The third-order valence-electron chi connectivity index (χ3n) is 5.65. The van der Waals surface area contributed by atoms with Gasteiger partial charge in [-0.25, -0.2) is 4.79 Å². The molecule has 0 saturated carbocycles. The van der Waals surface area contributed by atoms with E-state index in [-0.39, 0.29) is 18.9 Å². The van der Waals surface area contributed by atoms with Crippen molar-refractivity contribution >= 4 is 29.7 Å². The van der Waals surface area contributed by atoms with Crippen molar-refractivity contribution in [3.8, 4) is 11.1 Å². The summed E-state index contributed by atoms with van der Waals surface area (Å²) in [4.78, 5) is 23.1. The van der Waals surface area contributed by atoms with Gasteiger partial charge in [0.05, 0.1) is 6.42 Å². The van der Waals surface area contributed by atoms with Gasteiger partial charge in [0.2, 0.25) is 0 Å². The number of aliphatic carboxylic acids is 1. The van der Waals surface area contributed by atoms with E-state index in [4.69, 9.17) is 21.4 Å². The Balaban J connectivity index is 1.26. The molecular formula is C27H24ClNO4. The predicted octanol–water partition coefficient (Wildman–Crippen LogP) is 5.91. The summed E-state index contributed by atoms with van der Waals surface area (Å²) >= 11 is 6.04. The van der Waals surface area contributed by atoms with Gasteiger partial charge < -0.3 is 15.2 Å². The molecule has 3 aromatic carbocycles. The van der Waals surface area contributed by atoms with Crippen LogP contribution in [0.1, 0.15) is 34.6 Å². The van der Waals surface area contributed by atoms with Gasteiger partial charge in [0.15, 0.2) is 0 Å². The standard InChI is InChI=1S/C27H24ClNO4/c28-25-13-12-18(15-19(25)16-26(30)31)7-5-6-14-29-27(32)33-17-24-22-10-3-1-8-20(22)21-9-2-4-11-23(21)24/h1-5,7-13,15,24H,6,14,16-17H2,(H,29,32)(H,30,31). The minimum Gasteiger partial charge on any atom is -0.481 e. The Morgan fingerprint density at radius 3 is 2.33 bits per heavy atom. The summed E-state index contributed by atoms with van der Waals surface area (Å²) in [5, 5.41) is 12.2. The highest BCUT2D eigenvalue weighted by atomic mass is 35.5. The number of carboxylic acid groups (broad SMARTS) is 1. The molecule has 6 heteroatoms. The number of halogens is 1. The Kier molecular flexibility index (Phi) is 7.10. The van der Waals surface area contributed by atoms with Gasteiger partial charge in [-0.05, 0) is 51.9 Å². The van der Waals surface area contributed by atoms with E-state index in [0.717, 1.165) is 5.56 Å². The van der Waals surface area contributed by atoms with Crippen molar-refractivity contribution in [3.05, 3.63) is 100 Å². The summed E-state index contributed by atoms with van der Waals surface area (Å²) in [5.74, 6) is -0.890. The van der Waals surface area contributed by atoms with Crippen LogP contribution in [0.5, 0.6) is 0 Å². The molecule has 0 unspecified atom stereocenters. The molecule has 0 bridgehead atoms. The van der Waals surface area contributed by atoms with Gasteiger partial charge in [-0.15, -0.1) is 0 Å². The third-order valence-corrected chi connectivity index (χ3v) is 6.01. The highest BCUT2D eigenvalue weighted by Crippen LogP contribution is 2.44. The van der Waals surface area contributed by atoms with Crippen molar-refractivity contribution in [3.63, 3.8) is 0 Å². The lowest BCUT2D eigenvalue weighted by Gasteiger charge is -2.14. The second-order valence-electron chi connectivity index (χ2n) is 7.86. The molecule has 5 nitrogen and oxygen atoms in total. The predicted molar refractivity (Wildman–Crippen MR) is 130 cm³/mol. The lowest BCUT2D eigenvalue weighted by molar-refractivity contribution is -0.136. The molecule has 4 rings (SSSR count). The maximum atomic E-state index is 12.2. The summed E-state index contributed by atoms with van der Waals surface area (Å²) in [7, 11) is 0. The van der Waals surface area contributed by atoms with Crippen LogP contribution in [0.4, 0.5) is 4.79 Å². The summed E-state index contributed by atoms with van der Waals surface area (Å²) in [5.41, 5.74) is 6.18. The largest absolute Gasteiger partial charge is 0.481 e. The number of fused-ring (bicyclic) bond motifs is 3. The zero-order valence-corrected chi connectivity index (χ0v) is 18.7. The van der Waals surface area contributed by atoms with E-state index in [1.54, 1.807) is 12.1 Å². The zero-order valence-electron chi connectivity index (χ0n) is 18.0. The Bertz CT molecular complexity index is 1160. The minimum atomic E-state index is -0.926. The molecular weight excluding hydrogens is 438 g/mol. The molecule has 168 valence electrons. The van der Waals surface area contributed by atoms with E-state index >= 15 is 0 Å². The Morgan fingerprint density at radius 1 is 1.00 bits per heavy atom. The molecule has 2 N–H and O–H groups in total. The fraction of sp³-hybridized carbons (Fsp3) is 0.185. The monoisotopic (exact) mass is 461 g/mol. The van der Waals surface area contributed by atoms with Crippen LogP contribution in [0.3, 0.4) is 0 Å². The lowest BCUT2D eigenvalue weighted by atomic mass is 9.98. The first-order valence-electron chi connectivity index (χ1n) is 10.8. The van der Waals surface area contributed by atoms with Crippen molar-refractivity contribution in [2.45, 2.75) is 18.8 Å². The highest BCUT2D eigenvalue weighted by Gasteiger charge is 2.28. The first-order chi connectivity index (χ1) is 16.0. The fourth-order valence-corrected chi connectivity index (χ4v) is 4.31. The molecule has 0 aromatic heterocycles. The number of ether oxygens (including phenoxy) is 1. The van der Waals surface area contributed by atoms with Gasteiger partial charge in [0, 0.05) is 17.5 Å². The van der Waals surface area contributed by atoms with Crippen LogP contribution < -0.4 is 5.32 Å². The Labute approximate surface area is 197 Å². The van der Waals surface area contributed by atoms with Crippen molar-refractivity contribution in [2.75, 3.05) is 13.2 Å². The van der Waals surface area contributed by atoms with Crippen LogP contribution in [-0.4, -0.2) is 30.3 Å². The number of rotatable bonds is 8. The van der Waals surface area contributed by atoms with E-state index in [0.29, 0.717) is 23.6 Å². The number of carboxylic acids is 1. The number of benzene rings is 3. The molecule has 0 saturated heterocycles. The van der Waals surface area contributed by atoms with Gasteiger partial charge in [0.25, 0.3) is 0 Å². The average molecular weight is 462 g/mol. The van der Waals surface area contributed by atoms with E-state index < -0.39 is 12.1 Å². The van der Waals surface area contributed by atoms with Crippen LogP contribution in [0.25, 0.3) is 17.2 Å². The molecule has 3 aromatic rings. The molecule has 0 aliphatic heterocycles. The lowest BCUT2D eigenvalue weighted by Crippen LogP contribution is -2.26. The summed E-state index contributed by atoms with van der Waals surface area (Å²) in [6, 6.07) is 21.7. The second kappa shape index (κ2) is 10.4. The van der Waals surface area contributed by atoms with Gasteiger partial charge in [-0.1, -0.05) is 78.4 Å². The Hall–Kier alpha value is -3.57. The quantitative estimate of drug-likeness (QED) is 0.409. The third kappa shape index (κ3) is 5.44. The van der Waals surface area contributed by atoms with Crippen LogP contribution in [0, 0.1) is 0 Å². The molecule has 1 aliphatic rings. The zero-order chi connectivity index (χ0) is 23.2. The van der Waals surface area contributed by atoms with Gasteiger partial charge in [-0.2, -0.15) is 0 Å². The second-order valence-corrected chi connectivity index (χ2v) is 8.27. The molecule has 1 amide bonds. The molecule has 1 aliphatic carbocycles. The molecule has 33 heavy (non-hydrogen) atoms. The van der Waals surface area contributed by atoms with Crippen molar-refractivity contribution < 1.29 is 19.4 Å². The van der Waals surface area contributed by atoms with Gasteiger partial charge in [-0.3, -0.25) is 4.79 Å².